The third-order valence-electron chi connectivity index (χ3n) is 1.13. The van der Waals surface area contributed by atoms with Gasteiger partial charge in [0.2, 0.25) is 0 Å². The first-order valence-corrected chi connectivity index (χ1v) is 2.24. The molecule has 0 aromatic carbocycles. The fourth-order valence-corrected chi connectivity index (χ4v) is 0.463. The minimum Gasteiger partial charge on any atom is -0.481 e. The lowest BCUT2D eigenvalue weighted by molar-refractivity contribution is -0.143. The van der Waals surface area contributed by atoms with E-state index >= 15 is 0 Å². The van der Waals surface area contributed by atoms with Crippen LogP contribution >= 0.6 is 0 Å². The molecule has 0 radical (unpaired) electrons. The zero-order valence-corrected chi connectivity index (χ0v) is 4.55. The van der Waals surface area contributed by atoms with Crippen LogP contribution in [0.4, 0.5) is 0 Å². The molecule has 4 heteroatoms. The Hall–Kier alpha value is -0.610. The maximum atomic E-state index is 9.94. The van der Waals surface area contributed by atoms with Crippen LogP contribution in [0.1, 0.15) is 0 Å². The van der Waals surface area contributed by atoms with Crippen LogP contribution < -0.4 is 11.5 Å². The standard InChI is InChI=1S/C4H7NO2.H3N/c6-4(7)3-1-5-2-3;/h3,5H,1-2H2,(H,6,7);1H3. The van der Waals surface area contributed by atoms with Crippen LogP contribution in [0.15, 0.2) is 0 Å². The van der Waals surface area contributed by atoms with Crippen LogP contribution in [-0.4, -0.2) is 24.2 Å². The molecule has 5 N–H and O–H groups in total. The second-order valence-corrected chi connectivity index (χ2v) is 1.69. The molecule has 0 atom stereocenters. The van der Waals surface area contributed by atoms with E-state index in [1.807, 2.05) is 0 Å². The van der Waals surface area contributed by atoms with E-state index in [-0.39, 0.29) is 12.1 Å². The van der Waals surface area contributed by atoms with E-state index in [1.54, 1.807) is 0 Å². The van der Waals surface area contributed by atoms with Gasteiger partial charge in [-0.15, -0.1) is 0 Å². The summed E-state index contributed by atoms with van der Waals surface area (Å²) in [6.07, 6.45) is 0. The molecule has 1 heterocycles. The SMILES string of the molecule is N.O=C(O)C1CNC1. The lowest BCUT2D eigenvalue weighted by Crippen LogP contribution is -2.46. The molecule has 1 saturated heterocycles. The molecule has 0 aliphatic carbocycles. The number of carboxylic acids is 1. The van der Waals surface area contributed by atoms with Gasteiger partial charge in [0.1, 0.15) is 0 Å². The number of hydrogen-bond donors (Lipinski definition) is 3. The lowest BCUT2D eigenvalue weighted by atomic mass is 10.1. The second kappa shape index (κ2) is 2.64. The second-order valence-electron chi connectivity index (χ2n) is 1.69. The molecule has 0 amide bonds. The van der Waals surface area contributed by atoms with Crippen molar-refractivity contribution in [3.05, 3.63) is 0 Å². The number of rotatable bonds is 1. The normalized spacial score (nSPS) is 18.5. The van der Waals surface area contributed by atoms with Gasteiger partial charge in [-0.1, -0.05) is 0 Å². The van der Waals surface area contributed by atoms with Crippen LogP contribution in [0.25, 0.3) is 0 Å². The number of carboxylic acid groups (broad SMARTS) is 1. The van der Waals surface area contributed by atoms with Crippen LogP contribution in [0.2, 0.25) is 0 Å². The van der Waals surface area contributed by atoms with Crippen LogP contribution in [0.5, 0.6) is 0 Å². The quantitative estimate of drug-likeness (QED) is 0.431. The van der Waals surface area contributed by atoms with Crippen LogP contribution in [-0.2, 0) is 4.79 Å². The highest BCUT2D eigenvalue weighted by Crippen LogP contribution is 2.00. The minimum atomic E-state index is -0.682. The van der Waals surface area contributed by atoms with Gasteiger partial charge in [0.15, 0.2) is 0 Å². The Kier molecular flexibility index (Phi) is 2.44. The Morgan fingerprint density at radius 2 is 2.12 bits per heavy atom. The third kappa shape index (κ3) is 1.18. The van der Waals surface area contributed by atoms with Gasteiger partial charge in [-0.3, -0.25) is 4.79 Å². The van der Waals surface area contributed by atoms with Crippen molar-refractivity contribution in [2.45, 2.75) is 0 Å². The molecule has 0 spiro atoms. The first-order valence-electron chi connectivity index (χ1n) is 2.24. The predicted octanol–water partition coefficient (Wildman–Crippen LogP) is -0.548. The van der Waals surface area contributed by atoms with Crippen molar-refractivity contribution in [2.75, 3.05) is 13.1 Å². The van der Waals surface area contributed by atoms with Gasteiger partial charge in [-0.2, -0.15) is 0 Å². The highest BCUT2D eigenvalue weighted by atomic mass is 16.4. The summed E-state index contributed by atoms with van der Waals surface area (Å²) in [6, 6.07) is 0. The Balaban J connectivity index is 0.000000490. The molecule has 0 bridgehead atoms. The molecule has 8 heavy (non-hydrogen) atoms. The number of aliphatic carboxylic acids is 1. The van der Waals surface area contributed by atoms with Gasteiger partial charge >= 0.3 is 5.97 Å². The Bertz CT molecular complexity index is 90.0. The van der Waals surface area contributed by atoms with Crippen molar-refractivity contribution in [1.29, 1.82) is 0 Å². The van der Waals surface area contributed by atoms with E-state index in [2.05, 4.69) is 5.32 Å². The zero-order valence-electron chi connectivity index (χ0n) is 4.55. The third-order valence-corrected chi connectivity index (χ3v) is 1.13. The Morgan fingerprint density at radius 3 is 2.12 bits per heavy atom. The first-order chi connectivity index (χ1) is 3.30. The highest BCUT2D eigenvalue weighted by Gasteiger charge is 2.23. The molecule has 0 saturated carbocycles. The number of hydrogen-bond acceptors (Lipinski definition) is 3. The average molecular weight is 118 g/mol. The molecule has 1 rings (SSSR count). The molecular weight excluding hydrogens is 108 g/mol. The molecule has 48 valence electrons. The van der Waals surface area contributed by atoms with Crippen LogP contribution in [0.3, 0.4) is 0 Å². The van der Waals surface area contributed by atoms with E-state index in [0.29, 0.717) is 13.1 Å². The van der Waals surface area contributed by atoms with Crippen molar-refractivity contribution < 1.29 is 9.90 Å². The van der Waals surface area contributed by atoms with Gasteiger partial charge in [0, 0.05) is 13.1 Å². The molecule has 4 nitrogen and oxygen atoms in total. The predicted molar refractivity (Wildman–Crippen MR) is 29.0 cm³/mol. The Labute approximate surface area is 47.5 Å². The maximum Gasteiger partial charge on any atom is 0.309 e. The molecule has 0 aromatic heterocycles. The van der Waals surface area contributed by atoms with E-state index in [4.69, 9.17) is 5.11 Å². The van der Waals surface area contributed by atoms with Crippen molar-refractivity contribution in [2.24, 2.45) is 5.92 Å². The van der Waals surface area contributed by atoms with Crippen molar-refractivity contribution in [3.8, 4) is 0 Å². The van der Waals surface area contributed by atoms with Crippen LogP contribution in [0, 0.1) is 5.92 Å². The number of nitrogens with one attached hydrogen (secondary N) is 1. The van der Waals surface area contributed by atoms with E-state index in [1.165, 1.54) is 0 Å². The maximum absolute atomic E-state index is 9.94. The topological polar surface area (TPSA) is 84.3 Å². The summed E-state index contributed by atoms with van der Waals surface area (Å²) in [5, 5.41) is 11.1. The highest BCUT2D eigenvalue weighted by molar-refractivity contribution is 5.71. The molecule has 0 unspecified atom stereocenters. The van der Waals surface area contributed by atoms with Crippen molar-refractivity contribution >= 4 is 5.97 Å². The lowest BCUT2D eigenvalue weighted by Gasteiger charge is -2.21. The van der Waals surface area contributed by atoms with Gasteiger partial charge in [-0.25, -0.2) is 0 Å². The van der Waals surface area contributed by atoms with Gasteiger partial charge in [-0.05, 0) is 0 Å². The Morgan fingerprint density at radius 1 is 1.62 bits per heavy atom. The van der Waals surface area contributed by atoms with E-state index in [0.717, 1.165) is 0 Å². The minimum absolute atomic E-state index is 0. The fraction of sp³-hybridized carbons (Fsp3) is 0.750. The molecule has 1 aliphatic heterocycles. The largest absolute Gasteiger partial charge is 0.481 e. The van der Waals surface area contributed by atoms with Gasteiger partial charge < -0.3 is 16.6 Å². The summed E-state index contributed by atoms with van der Waals surface area (Å²) in [5.41, 5.74) is 0. The van der Waals surface area contributed by atoms with Crippen molar-refractivity contribution in [3.63, 3.8) is 0 Å². The summed E-state index contributed by atoms with van der Waals surface area (Å²) >= 11 is 0. The molecule has 1 aliphatic rings. The summed E-state index contributed by atoms with van der Waals surface area (Å²) in [7, 11) is 0. The van der Waals surface area contributed by atoms with Crippen molar-refractivity contribution in [1.82, 2.24) is 11.5 Å². The van der Waals surface area contributed by atoms with E-state index in [9.17, 15) is 4.79 Å². The summed E-state index contributed by atoms with van der Waals surface area (Å²) in [6.45, 7) is 1.30. The monoisotopic (exact) mass is 118 g/mol. The smallest absolute Gasteiger partial charge is 0.309 e. The summed E-state index contributed by atoms with van der Waals surface area (Å²) in [5.74, 6) is -0.793. The first kappa shape index (κ1) is 7.39. The average Bonchev–Trinajstić information content (AvgIpc) is 1.23. The molecular formula is C4H10N2O2. The van der Waals surface area contributed by atoms with Gasteiger partial charge in [0.25, 0.3) is 0 Å². The molecule has 1 fully saturated rings. The van der Waals surface area contributed by atoms with Gasteiger partial charge in [0.05, 0.1) is 5.92 Å². The zero-order chi connectivity index (χ0) is 5.28. The fourth-order valence-electron chi connectivity index (χ4n) is 0.463. The van der Waals surface area contributed by atoms with E-state index < -0.39 is 5.97 Å². The summed E-state index contributed by atoms with van der Waals surface area (Å²) in [4.78, 5) is 9.94. The number of carbonyl (C=O) groups is 1. The summed E-state index contributed by atoms with van der Waals surface area (Å²) < 4.78 is 0. The molecule has 0 aromatic rings.